The molecule has 0 saturated carbocycles. The third-order valence-electron chi connectivity index (χ3n) is 2.10. The Morgan fingerprint density at radius 3 is 1.77 bits per heavy atom. The van der Waals surface area contributed by atoms with E-state index in [1.807, 2.05) is 20.8 Å². The molecule has 0 aliphatic rings. The molecule has 0 aromatic carbocycles. The molecule has 0 unspecified atom stereocenters. The maximum atomic E-state index is 11.2. The topological polar surface area (TPSA) is 37.4 Å². The summed E-state index contributed by atoms with van der Waals surface area (Å²) in [5.74, 6) is -0.350. The van der Waals surface area contributed by atoms with Crippen molar-refractivity contribution < 1.29 is 9.59 Å². The number of hydrogen-bond acceptors (Lipinski definition) is 2. The van der Waals surface area contributed by atoms with Crippen LogP contribution in [0.4, 0.5) is 0 Å². The SMILES string of the molecule is CCCC(C)(C)N(C(C)=O)C(C)=O. The third-order valence-corrected chi connectivity index (χ3v) is 2.10. The molecule has 13 heavy (non-hydrogen) atoms. The van der Waals surface area contributed by atoms with Crippen molar-refractivity contribution in [3.05, 3.63) is 0 Å². The largest absolute Gasteiger partial charge is 0.277 e. The molecule has 0 atom stereocenters. The van der Waals surface area contributed by atoms with Crippen LogP contribution in [0.1, 0.15) is 47.5 Å². The molecule has 0 N–H and O–H groups in total. The van der Waals surface area contributed by atoms with Gasteiger partial charge in [-0.3, -0.25) is 14.5 Å². The Balaban J connectivity index is 4.72. The smallest absolute Gasteiger partial charge is 0.226 e. The van der Waals surface area contributed by atoms with E-state index >= 15 is 0 Å². The number of carbonyl (C=O) groups excluding carboxylic acids is 2. The van der Waals surface area contributed by atoms with E-state index in [1.54, 1.807) is 0 Å². The Kier molecular flexibility index (Phi) is 4.11. The molecule has 3 heteroatoms. The molecule has 3 nitrogen and oxygen atoms in total. The fourth-order valence-corrected chi connectivity index (χ4v) is 1.80. The van der Waals surface area contributed by atoms with E-state index < -0.39 is 0 Å². The van der Waals surface area contributed by atoms with E-state index in [4.69, 9.17) is 0 Å². The van der Waals surface area contributed by atoms with Gasteiger partial charge in [-0.1, -0.05) is 13.3 Å². The van der Waals surface area contributed by atoms with Crippen molar-refractivity contribution >= 4 is 11.8 Å². The van der Waals surface area contributed by atoms with E-state index in [0.717, 1.165) is 12.8 Å². The summed E-state index contributed by atoms with van der Waals surface area (Å²) in [6.07, 6.45) is 1.80. The van der Waals surface area contributed by atoms with Crippen molar-refractivity contribution in [2.75, 3.05) is 0 Å². The first-order valence-electron chi connectivity index (χ1n) is 4.64. The summed E-state index contributed by atoms with van der Waals surface area (Å²) in [5.41, 5.74) is -0.355. The van der Waals surface area contributed by atoms with Gasteiger partial charge in [-0.05, 0) is 20.3 Å². The van der Waals surface area contributed by atoms with Crippen molar-refractivity contribution in [3.63, 3.8) is 0 Å². The molecular weight excluding hydrogens is 166 g/mol. The van der Waals surface area contributed by atoms with Crippen LogP contribution in [0.5, 0.6) is 0 Å². The van der Waals surface area contributed by atoms with Crippen LogP contribution in [0, 0.1) is 0 Å². The number of imide groups is 1. The Morgan fingerprint density at radius 1 is 1.15 bits per heavy atom. The maximum absolute atomic E-state index is 11.2. The first-order valence-corrected chi connectivity index (χ1v) is 4.64. The molecule has 0 aromatic heterocycles. The predicted octanol–water partition coefficient (Wildman–Crippen LogP) is 1.96. The van der Waals surface area contributed by atoms with Gasteiger partial charge in [0.2, 0.25) is 11.8 Å². The van der Waals surface area contributed by atoms with Gasteiger partial charge < -0.3 is 0 Å². The van der Waals surface area contributed by atoms with Crippen LogP contribution in [0.3, 0.4) is 0 Å². The number of rotatable bonds is 3. The lowest BCUT2D eigenvalue weighted by atomic mass is 9.96. The summed E-state index contributed by atoms with van der Waals surface area (Å²) in [7, 11) is 0. The second-order valence-electron chi connectivity index (χ2n) is 3.94. The predicted molar refractivity (Wildman–Crippen MR) is 52.2 cm³/mol. The van der Waals surface area contributed by atoms with Gasteiger partial charge in [0, 0.05) is 19.4 Å². The zero-order chi connectivity index (χ0) is 10.6. The van der Waals surface area contributed by atoms with E-state index in [0.29, 0.717) is 0 Å². The van der Waals surface area contributed by atoms with Gasteiger partial charge in [0.05, 0.1) is 0 Å². The van der Waals surface area contributed by atoms with Crippen LogP contribution in [-0.2, 0) is 9.59 Å². The van der Waals surface area contributed by atoms with E-state index in [1.165, 1.54) is 18.7 Å². The molecule has 0 aliphatic heterocycles. The van der Waals surface area contributed by atoms with Crippen LogP contribution in [-0.4, -0.2) is 22.3 Å². The Morgan fingerprint density at radius 2 is 1.54 bits per heavy atom. The lowest BCUT2D eigenvalue weighted by molar-refractivity contribution is -0.148. The molecule has 0 aromatic rings. The first-order chi connectivity index (χ1) is 5.83. The average Bonchev–Trinajstić information content (AvgIpc) is 1.82. The number of hydrogen-bond donors (Lipinski definition) is 0. The summed E-state index contributed by atoms with van der Waals surface area (Å²) in [4.78, 5) is 23.8. The highest BCUT2D eigenvalue weighted by atomic mass is 16.2. The first kappa shape index (κ1) is 12.1. The Bertz CT molecular complexity index is 195. The van der Waals surface area contributed by atoms with Gasteiger partial charge in [0.15, 0.2) is 0 Å². The van der Waals surface area contributed by atoms with Crippen LogP contribution in [0.2, 0.25) is 0 Å². The number of carbonyl (C=O) groups is 2. The van der Waals surface area contributed by atoms with Crippen molar-refractivity contribution in [1.82, 2.24) is 4.90 Å². The number of nitrogens with zero attached hydrogens (tertiary/aromatic N) is 1. The highest BCUT2D eigenvalue weighted by molar-refractivity contribution is 5.93. The van der Waals surface area contributed by atoms with Crippen LogP contribution >= 0.6 is 0 Å². The highest BCUT2D eigenvalue weighted by Crippen LogP contribution is 2.20. The fraction of sp³-hybridized carbons (Fsp3) is 0.800. The van der Waals surface area contributed by atoms with Crippen molar-refractivity contribution in [3.8, 4) is 0 Å². The standard InChI is InChI=1S/C10H19NO2/c1-6-7-10(4,5)11(8(2)12)9(3)13/h6-7H2,1-5H3. The summed E-state index contributed by atoms with van der Waals surface area (Å²) in [5, 5.41) is 0. The molecule has 2 amide bonds. The minimum Gasteiger partial charge on any atom is -0.277 e. The Labute approximate surface area is 80.1 Å². The van der Waals surface area contributed by atoms with Gasteiger partial charge in [-0.15, -0.1) is 0 Å². The van der Waals surface area contributed by atoms with Crippen molar-refractivity contribution in [2.45, 2.75) is 53.0 Å². The van der Waals surface area contributed by atoms with Crippen molar-refractivity contribution in [2.24, 2.45) is 0 Å². The quantitative estimate of drug-likeness (QED) is 0.674. The molecule has 0 aliphatic carbocycles. The molecular formula is C10H19NO2. The second kappa shape index (κ2) is 4.40. The summed E-state index contributed by atoms with van der Waals surface area (Å²) in [6, 6.07) is 0. The van der Waals surface area contributed by atoms with E-state index in [9.17, 15) is 9.59 Å². The van der Waals surface area contributed by atoms with Crippen LogP contribution in [0.15, 0.2) is 0 Å². The molecule has 0 bridgehead atoms. The molecule has 76 valence electrons. The third kappa shape index (κ3) is 3.17. The highest BCUT2D eigenvalue weighted by Gasteiger charge is 2.30. The van der Waals surface area contributed by atoms with Gasteiger partial charge in [0.1, 0.15) is 0 Å². The zero-order valence-corrected chi connectivity index (χ0v) is 9.18. The van der Waals surface area contributed by atoms with Crippen LogP contribution in [0.25, 0.3) is 0 Å². The molecule has 0 spiro atoms. The molecule has 0 radical (unpaired) electrons. The van der Waals surface area contributed by atoms with Gasteiger partial charge in [0.25, 0.3) is 0 Å². The summed E-state index contributed by atoms with van der Waals surface area (Å²) < 4.78 is 0. The van der Waals surface area contributed by atoms with E-state index in [2.05, 4.69) is 0 Å². The molecule has 0 saturated heterocycles. The van der Waals surface area contributed by atoms with Crippen molar-refractivity contribution in [1.29, 1.82) is 0 Å². The Hall–Kier alpha value is -0.860. The lowest BCUT2D eigenvalue weighted by Crippen LogP contribution is -2.49. The van der Waals surface area contributed by atoms with Gasteiger partial charge in [-0.2, -0.15) is 0 Å². The summed E-state index contributed by atoms with van der Waals surface area (Å²) in [6.45, 7) is 8.73. The van der Waals surface area contributed by atoms with Gasteiger partial charge in [-0.25, -0.2) is 0 Å². The average molecular weight is 185 g/mol. The monoisotopic (exact) mass is 185 g/mol. The normalized spacial score (nSPS) is 11.2. The lowest BCUT2D eigenvalue weighted by Gasteiger charge is -2.35. The molecule has 0 fully saturated rings. The summed E-state index contributed by atoms with van der Waals surface area (Å²) >= 11 is 0. The fourth-order valence-electron chi connectivity index (χ4n) is 1.80. The maximum Gasteiger partial charge on any atom is 0.226 e. The van der Waals surface area contributed by atoms with Crippen LogP contribution < -0.4 is 0 Å². The van der Waals surface area contributed by atoms with E-state index in [-0.39, 0.29) is 17.4 Å². The molecule has 0 heterocycles. The minimum absolute atomic E-state index is 0.175. The van der Waals surface area contributed by atoms with Gasteiger partial charge >= 0.3 is 0 Å². The zero-order valence-electron chi connectivity index (χ0n) is 9.18. The minimum atomic E-state index is -0.355. The molecule has 0 rings (SSSR count). The number of amides is 2. The second-order valence-corrected chi connectivity index (χ2v) is 3.94.